The summed E-state index contributed by atoms with van der Waals surface area (Å²) in [6, 6.07) is 0. The molecule has 0 saturated carbocycles. The minimum absolute atomic E-state index is 0.384. The Labute approximate surface area is 120 Å². The zero-order valence-corrected chi connectivity index (χ0v) is 13.4. The van der Waals surface area contributed by atoms with E-state index in [2.05, 4.69) is 39.5 Å². The van der Waals surface area contributed by atoms with Crippen LogP contribution < -0.4 is 0 Å². The van der Waals surface area contributed by atoms with Gasteiger partial charge in [0.25, 0.3) is 0 Å². The predicted octanol–water partition coefficient (Wildman–Crippen LogP) is 5.38. The highest BCUT2D eigenvalue weighted by Gasteiger charge is 2.23. The summed E-state index contributed by atoms with van der Waals surface area (Å²) in [5.41, 5.74) is 2.04. The van der Waals surface area contributed by atoms with E-state index in [9.17, 15) is 0 Å². The highest BCUT2D eigenvalue weighted by atomic mass is 16.5. The summed E-state index contributed by atoms with van der Waals surface area (Å²) in [5.74, 6) is 1.40. The molecule has 0 N–H and O–H groups in total. The van der Waals surface area contributed by atoms with Crippen molar-refractivity contribution in [2.45, 2.75) is 59.3 Å². The van der Waals surface area contributed by atoms with Gasteiger partial charge in [-0.25, -0.2) is 0 Å². The standard InChI is InChI=1S/C18H32O/c1-6-8-17(18(2,3)4)12-11-15-9-7-10-16(13-15)14-19-5/h6,13,16-17H,1,7-12,14H2,2-5H3. The SMILES string of the molecule is C=CCC(CCC1=CC(COC)CCC1)C(C)(C)C. The van der Waals surface area contributed by atoms with Gasteiger partial charge in [0.1, 0.15) is 0 Å². The van der Waals surface area contributed by atoms with Crippen LogP contribution in [0.4, 0.5) is 0 Å². The van der Waals surface area contributed by atoms with Crippen LogP contribution >= 0.6 is 0 Å². The average Bonchev–Trinajstić information content (AvgIpc) is 2.34. The first kappa shape index (κ1) is 16.5. The van der Waals surface area contributed by atoms with Gasteiger partial charge in [0.15, 0.2) is 0 Å². The van der Waals surface area contributed by atoms with E-state index in [1.807, 2.05) is 7.11 Å². The Bertz CT molecular complexity index is 295. The van der Waals surface area contributed by atoms with Crippen molar-refractivity contribution in [2.24, 2.45) is 17.3 Å². The number of ether oxygens (including phenoxy) is 1. The van der Waals surface area contributed by atoms with E-state index in [1.54, 1.807) is 5.57 Å². The minimum atomic E-state index is 0.384. The predicted molar refractivity (Wildman–Crippen MR) is 84.3 cm³/mol. The molecule has 0 radical (unpaired) electrons. The Hall–Kier alpha value is -0.560. The highest BCUT2D eigenvalue weighted by Crippen LogP contribution is 2.35. The third-order valence-electron chi connectivity index (χ3n) is 4.41. The second-order valence-electron chi connectivity index (χ2n) is 7.06. The fourth-order valence-corrected chi connectivity index (χ4v) is 3.11. The fourth-order valence-electron chi connectivity index (χ4n) is 3.11. The largest absolute Gasteiger partial charge is 0.384 e. The lowest BCUT2D eigenvalue weighted by Crippen LogP contribution is -2.20. The maximum atomic E-state index is 5.29. The Balaban J connectivity index is 2.51. The van der Waals surface area contributed by atoms with Crippen molar-refractivity contribution in [3.63, 3.8) is 0 Å². The molecule has 0 saturated heterocycles. The molecule has 1 nitrogen and oxygen atoms in total. The zero-order valence-electron chi connectivity index (χ0n) is 13.4. The number of allylic oxidation sites excluding steroid dienone is 2. The minimum Gasteiger partial charge on any atom is -0.384 e. The summed E-state index contributed by atoms with van der Waals surface area (Å²) in [7, 11) is 1.81. The summed E-state index contributed by atoms with van der Waals surface area (Å²) in [6.07, 6.45) is 12.2. The lowest BCUT2D eigenvalue weighted by atomic mass is 9.75. The van der Waals surface area contributed by atoms with Crippen molar-refractivity contribution in [1.82, 2.24) is 0 Å². The molecule has 0 aromatic heterocycles. The molecule has 2 atom stereocenters. The van der Waals surface area contributed by atoms with E-state index in [4.69, 9.17) is 4.74 Å². The molecule has 0 heterocycles. The van der Waals surface area contributed by atoms with E-state index >= 15 is 0 Å². The van der Waals surface area contributed by atoms with E-state index in [-0.39, 0.29) is 0 Å². The number of methoxy groups -OCH3 is 1. The quantitative estimate of drug-likeness (QED) is 0.561. The summed E-state index contributed by atoms with van der Waals surface area (Å²) in [6.45, 7) is 11.9. The molecule has 110 valence electrons. The smallest absolute Gasteiger partial charge is 0.0525 e. The molecule has 1 aliphatic carbocycles. The van der Waals surface area contributed by atoms with Gasteiger partial charge in [0, 0.05) is 13.0 Å². The Kier molecular flexibility index (Phi) is 6.85. The van der Waals surface area contributed by atoms with E-state index < -0.39 is 0 Å². The summed E-state index contributed by atoms with van der Waals surface area (Å²) in [5, 5.41) is 0. The van der Waals surface area contributed by atoms with Gasteiger partial charge in [-0.15, -0.1) is 6.58 Å². The van der Waals surface area contributed by atoms with Gasteiger partial charge < -0.3 is 4.74 Å². The lowest BCUT2D eigenvalue weighted by Gasteiger charge is -2.31. The van der Waals surface area contributed by atoms with Crippen molar-refractivity contribution >= 4 is 0 Å². The summed E-state index contributed by atoms with van der Waals surface area (Å²) in [4.78, 5) is 0. The number of hydrogen-bond acceptors (Lipinski definition) is 1. The molecule has 0 spiro atoms. The first-order valence-corrected chi connectivity index (χ1v) is 7.76. The molecule has 0 aromatic carbocycles. The van der Waals surface area contributed by atoms with E-state index in [1.165, 1.54) is 32.1 Å². The van der Waals surface area contributed by atoms with Crippen LogP contribution in [0.1, 0.15) is 59.3 Å². The van der Waals surface area contributed by atoms with Crippen molar-refractivity contribution in [3.8, 4) is 0 Å². The van der Waals surface area contributed by atoms with Crippen molar-refractivity contribution in [2.75, 3.05) is 13.7 Å². The van der Waals surface area contributed by atoms with Crippen LogP contribution in [0.15, 0.2) is 24.3 Å². The molecule has 0 aromatic rings. The Morgan fingerprint density at radius 1 is 1.47 bits per heavy atom. The van der Waals surface area contributed by atoms with Gasteiger partial charge in [-0.2, -0.15) is 0 Å². The molecule has 1 rings (SSSR count). The maximum absolute atomic E-state index is 5.29. The summed E-state index contributed by atoms with van der Waals surface area (Å²) >= 11 is 0. The third-order valence-corrected chi connectivity index (χ3v) is 4.41. The first-order chi connectivity index (χ1) is 8.97. The van der Waals surface area contributed by atoms with Gasteiger partial charge >= 0.3 is 0 Å². The lowest BCUT2D eigenvalue weighted by molar-refractivity contribution is 0.162. The highest BCUT2D eigenvalue weighted by molar-refractivity contribution is 5.08. The normalized spacial score (nSPS) is 21.9. The first-order valence-electron chi connectivity index (χ1n) is 7.76. The molecule has 0 aliphatic heterocycles. The zero-order chi connectivity index (χ0) is 14.3. The Morgan fingerprint density at radius 3 is 2.79 bits per heavy atom. The van der Waals surface area contributed by atoms with E-state index in [0.717, 1.165) is 18.9 Å². The van der Waals surface area contributed by atoms with Crippen molar-refractivity contribution in [3.05, 3.63) is 24.3 Å². The molecule has 2 unspecified atom stereocenters. The van der Waals surface area contributed by atoms with Crippen LogP contribution in [0.3, 0.4) is 0 Å². The van der Waals surface area contributed by atoms with Crippen LogP contribution in [0, 0.1) is 17.3 Å². The van der Waals surface area contributed by atoms with Gasteiger partial charge in [-0.3, -0.25) is 0 Å². The Morgan fingerprint density at radius 2 is 2.21 bits per heavy atom. The van der Waals surface area contributed by atoms with Crippen LogP contribution in [-0.2, 0) is 4.74 Å². The third kappa shape index (κ3) is 5.95. The number of rotatable bonds is 7. The van der Waals surface area contributed by atoms with Gasteiger partial charge in [-0.1, -0.05) is 38.5 Å². The molecule has 0 fully saturated rings. The summed E-state index contributed by atoms with van der Waals surface area (Å²) < 4.78 is 5.29. The van der Waals surface area contributed by atoms with Crippen LogP contribution in [0.2, 0.25) is 0 Å². The van der Waals surface area contributed by atoms with Gasteiger partial charge in [0.05, 0.1) is 6.61 Å². The van der Waals surface area contributed by atoms with Gasteiger partial charge in [0.2, 0.25) is 0 Å². The number of hydrogen-bond donors (Lipinski definition) is 0. The van der Waals surface area contributed by atoms with Crippen molar-refractivity contribution in [1.29, 1.82) is 0 Å². The molecular formula is C18H32O. The van der Waals surface area contributed by atoms with E-state index in [0.29, 0.717) is 11.3 Å². The molecule has 1 aliphatic rings. The van der Waals surface area contributed by atoms with Crippen LogP contribution in [0.5, 0.6) is 0 Å². The topological polar surface area (TPSA) is 9.23 Å². The molecule has 1 heteroatoms. The maximum Gasteiger partial charge on any atom is 0.0525 e. The van der Waals surface area contributed by atoms with Crippen molar-refractivity contribution < 1.29 is 4.74 Å². The average molecular weight is 264 g/mol. The van der Waals surface area contributed by atoms with Crippen LogP contribution in [-0.4, -0.2) is 13.7 Å². The molecule has 0 amide bonds. The second kappa shape index (κ2) is 7.89. The monoisotopic (exact) mass is 264 g/mol. The molecule has 19 heavy (non-hydrogen) atoms. The molecule has 0 bridgehead atoms. The van der Waals surface area contributed by atoms with Gasteiger partial charge in [-0.05, 0) is 49.9 Å². The molecular weight excluding hydrogens is 232 g/mol. The van der Waals surface area contributed by atoms with Crippen LogP contribution in [0.25, 0.3) is 0 Å². The second-order valence-corrected chi connectivity index (χ2v) is 7.06. The fraction of sp³-hybridized carbons (Fsp3) is 0.778.